The molecule has 2 aromatic carbocycles. The second-order valence-electron chi connectivity index (χ2n) is 7.30. The number of carbonyl (C=O) groups is 1. The van der Waals surface area contributed by atoms with Crippen molar-refractivity contribution >= 4 is 21.4 Å². The highest BCUT2D eigenvalue weighted by Gasteiger charge is 2.26. The molecule has 0 atom stereocenters. The van der Waals surface area contributed by atoms with Gasteiger partial charge < -0.3 is 10.2 Å². The molecule has 4 rings (SSSR count). The second-order valence-corrected chi connectivity index (χ2v) is 9.38. The Morgan fingerprint density at radius 2 is 1.85 bits per heavy atom. The van der Waals surface area contributed by atoms with Crippen molar-refractivity contribution in [2.45, 2.75) is 37.1 Å². The van der Waals surface area contributed by atoms with Gasteiger partial charge in [-0.05, 0) is 61.1 Å². The average Bonchev–Trinajstić information content (AvgIpc) is 3.01. The van der Waals surface area contributed by atoms with Crippen molar-refractivity contribution in [3.8, 4) is 0 Å². The first-order valence-corrected chi connectivity index (χ1v) is 11.2. The summed E-state index contributed by atoms with van der Waals surface area (Å²) in [6, 6.07) is 13.2. The molecular weight excluding hydrogens is 360 g/mol. The second kappa shape index (κ2) is 7.35. The molecule has 2 heterocycles. The summed E-state index contributed by atoms with van der Waals surface area (Å²) in [4.78, 5) is 15.0. The Hall–Kier alpha value is -2.34. The maximum atomic E-state index is 12.7. The van der Waals surface area contributed by atoms with Crippen LogP contribution in [-0.2, 0) is 22.8 Å². The summed E-state index contributed by atoms with van der Waals surface area (Å²) < 4.78 is 24.2. The molecule has 0 radical (unpaired) electrons. The summed E-state index contributed by atoms with van der Waals surface area (Å²) in [5, 5.41) is 3.28. The van der Waals surface area contributed by atoms with E-state index in [1.54, 1.807) is 6.07 Å². The highest BCUT2D eigenvalue weighted by atomic mass is 32.2. The minimum atomic E-state index is -3.13. The third-order valence-electron chi connectivity index (χ3n) is 5.36. The number of sulfone groups is 1. The maximum Gasteiger partial charge on any atom is 0.253 e. The topological polar surface area (TPSA) is 66.5 Å². The van der Waals surface area contributed by atoms with E-state index in [2.05, 4.69) is 5.32 Å². The Kier molecular flexibility index (Phi) is 4.91. The molecule has 0 aliphatic carbocycles. The zero-order valence-corrected chi connectivity index (χ0v) is 16.1. The number of hydrogen-bond donors (Lipinski definition) is 1. The fraction of sp³-hybridized carbons (Fsp3) is 0.381. The van der Waals surface area contributed by atoms with E-state index in [4.69, 9.17) is 0 Å². The lowest BCUT2D eigenvalue weighted by Crippen LogP contribution is -2.35. The molecule has 6 heteroatoms. The van der Waals surface area contributed by atoms with E-state index in [0.717, 1.165) is 42.7 Å². The van der Waals surface area contributed by atoms with Gasteiger partial charge in [-0.1, -0.05) is 18.2 Å². The molecule has 2 aliphatic heterocycles. The van der Waals surface area contributed by atoms with Crippen LogP contribution in [0.4, 0.5) is 5.69 Å². The molecule has 0 aromatic heterocycles. The minimum absolute atomic E-state index is 0.0974. The van der Waals surface area contributed by atoms with Gasteiger partial charge in [-0.2, -0.15) is 0 Å². The summed E-state index contributed by atoms with van der Waals surface area (Å²) in [5.41, 5.74) is 3.40. The third-order valence-corrected chi connectivity index (χ3v) is 7.15. The molecule has 0 unspecified atom stereocenters. The van der Waals surface area contributed by atoms with Crippen molar-refractivity contribution in [1.29, 1.82) is 0 Å². The van der Waals surface area contributed by atoms with Crippen LogP contribution in [0.15, 0.2) is 47.4 Å². The van der Waals surface area contributed by atoms with E-state index < -0.39 is 9.84 Å². The number of fused-ring (bicyclic) bond motifs is 1. The summed E-state index contributed by atoms with van der Waals surface area (Å²) in [5.74, 6) is 0.298. The minimum Gasteiger partial charge on any atom is -0.381 e. The van der Waals surface area contributed by atoms with Crippen molar-refractivity contribution < 1.29 is 13.2 Å². The van der Waals surface area contributed by atoms with Gasteiger partial charge in [0.05, 0.1) is 10.6 Å². The van der Waals surface area contributed by atoms with E-state index in [0.29, 0.717) is 23.4 Å². The molecule has 0 spiro atoms. The number of benzene rings is 2. The Morgan fingerprint density at radius 1 is 1.04 bits per heavy atom. The number of nitrogens with one attached hydrogen (secondary N) is 1. The fourth-order valence-corrected chi connectivity index (χ4v) is 5.40. The van der Waals surface area contributed by atoms with Crippen LogP contribution in [0, 0.1) is 0 Å². The number of hydrogen-bond acceptors (Lipinski definition) is 4. The van der Waals surface area contributed by atoms with Crippen molar-refractivity contribution in [3.05, 3.63) is 59.2 Å². The van der Waals surface area contributed by atoms with E-state index in [1.165, 1.54) is 6.42 Å². The quantitative estimate of drug-likeness (QED) is 0.879. The van der Waals surface area contributed by atoms with E-state index in [9.17, 15) is 13.2 Å². The molecule has 2 aliphatic rings. The van der Waals surface area contributed by atoms with Crippen molar-refractivity contribution in [2.24, 2.45) is 0 Å². The van der Waals surface area contributed by atoms with Crippen LogP contribution in [0.5, 0.6) is 0 Å². The van der Waals surface area contributed by atoms with Gasteiger partial charge in [0.2, 0.25) is 0 Å². The van der Waals surface area contributed by atoms with Crippen LogP contribution in [0.1, 0.15) is 40.7 Å². The molecule has 27 heavy (non-hydrogen) atoms. The maximum absolute atomic E-state index is 12.7. The average molecular weight is 385 g/mol. The molecule has 1 amide bonds. The fourth-order valence-electron chi connectivity index (χ4n) is 3.81. The highest BCUT2D eigenvalue weighted by molar-refractivity contribution is 7.91. The predicted molar refractivity (Wildman–Crippen MR) is 106 cm³/mol. The van der Waals surface area contributed by atoms with Crippen LogP contribution >= 0.6 is 0 Å². The summed E-state index contributed by atoms with van der Waals surface area (Å²) in [6.45, 7) is 2.22. The summed E-state index contributed by atoms with van der Waals surface area (Å²) >= 11 is 0. The van der Waals surface area contributed by atoms with Gasteiger partial charge in [0.15, 0.2) is 9.84 Å². The lowest BCUT2D eigenvalue weighted by atomic mass is 10.1. The first kappa shape index (κ1) is 18.0. The predicted octanol–water partition coefficient (Wildman–Crippen LogP) is 3.25. The van der Waals surface area contributed by atoms with Crippen LogP contribution < -0.4 is 5.32 Å². The van der Waals surface area contributed by atoms with Gasteiger partial charge in [0, 0.05) is 30.9 Å². The van der Waals surface area contributed by atoms with Gasteiger partial charge in [0.25, 0.3) is 5.91 Å². The SMILES string of the molecule is O=C(c1cccc(CNc2ccc3c(c2)S(=O)(=O)CC3)c1)N1CCCCC1. The normalized spacial score (nSPS) is 18.1. The van der Waals surface area contributed by atoms with Gasteiger partial charge >= 0.3 is 0 Å². The molecule has 1 fully saturated rings. The van der Waals surface area contributed by atoms with Crippen LogP contribution in [0.2, 0.25) is 0 Å². The Bertz CT molecular complexity index is 963. The molecule has 2 aromatic rings. The first-order valence-electron chi connectivity index (χ1n) is 9.51. The number of anilines is 1. The Labute approximate surface area is 160 Å². The molecule has 142 valence electrons. The smallest absolute Gasteiger partial charge is 0.253 e. The van der Waals surface area contributed by atoms with Gasteiger partial charge in [-0.25, -0.2) is 8.42 Å². The van der Waals surface area contributed by atoms with Gasteiger partial charge in [-0.15, -0.1) is 0 Å². The van der Waals surface area contributed by atoms with Crippen molar-refractivity contribution in [1.82, 2.24) is 4.90 Å². The molecule has 0 bridgehead atoms. The zero-order chi connectivity index (χ0) is 18.9. The van der Waals surface area contributed by atoms with Crippen molar-refractivity contribution in [3.63, 3.8) is 0 Å². The zero-order valence-electron chi connectivity index (χ0n) is 15.3. The van der Waals surface area contributed by atoms with Gasteiger partial charge in [-0.3, -0.25) is 4.79 Å². The van der Waals surface area contributed by atoms with Crippen molar-refractivity contribution in [2.75, 3.05) is 24.2 Å². The first-order chi connectivity index (χ1) is 13.0. The molecule has 5 nitrogen and oxygen atoms in total. The van der Waals surface area contributed by atoms with E-state index >= 15 is 0 Å². The number of aryl methyl sites for hydroxylation is 1. The molecule has 1 saturated heterocycles. The molecular formula is C21H24N2O3S. The Balaban J connectivity index is 1.46. The number of carbonyl (C=O) groups excluding carboxylic acids is 1. The third kappa shape index (κ3) is 3.86. The van der Waals surface area contributed by atoms with Gasteiger partial charge in [0.1, 0.15) is 0 Å². The van der Waals surface area contributed by atoms with Crippen LogP contribution in [0.3, 0.4) is 0 Å². The number of amides is 1. The standard InChI is InChI=1S/C21H24N2O3S/c24-21(23-10-2-1-3-11-23)18-6-4-5-16(13-18)15-22-19-8-7-17-9-12-27(25,26)20(17)14-19/h4-8,13-14,22H,1-3,9-12,15H2. The number of likely N-dealkylation sites (tertiary alicyclic amines) is 1. The molecule has 0 saturated carbocycles. The number of rotatable bonds is 4. The Morgan fingerprint density at radius 3 is 2.67 bits per heavy atom. The summed E-state index contributed by atoms with van der Waals surface area (Å²) in [6.07, 6.45) is 3.95. The van der Waals surface area contributed by atoms with Crippen LogP contribution in [-0.4, -0.2) is 38.1 Å². The van der Waals surface area contributed by atoms with Crippen LogP contribution in [0.25, 0.3) is 0 Å². The lowest BCUT2D eigenvalue weighted by molar-refractivity contribution is 0.0724. The largest absolute Gasteiger partial charge is 0.381 e. The summed E-state index contributed by atoms with van der Waals surface area (Å²) in [7, 11) is -3.13. The highest BCUT2D eigenvalue weighted by Crippen LogP contribution is 2.28. The van der Waals surface area contributed by atoms with E-state index in [1.807, 2.05) is 41.3 Å². The number of nitrogens with zero attached hydrogens (tertiary/aromatic N) is 1. The lowest BCUT2D eigenvalue weighted by Gasteiger charge is -2.26. The van der Waals surface area contributed by atoms with E-state index in [-0.39, 0.29) is 11.7 Å². The molecule has 1 N–H and O–H groups in total. The monoisotopic (exact) mass is 384 g/mol. The number of piperidine rings is 1.